The maximum atomic E-state index is 6.02. The Balaban J connectivity index is 2.03. The van der Waals surface area contributed by atoms with Gasteiger partial charge in [-0.3, -0.25) is 0 Å². The van der Waals surface area contributed by atoms with Crippen molar-refractivity contribution in [2.75, 3.05) is 5.88 Å². The van der Waals surface area contributed by atoms with Crippen LogP contribution in [0.25, 0.3) is 10.9 Å². The lowest BCUT2D eigenvalue weighted by molar-refractivity contribution is 0.446. The standard InChI is InChI=1S/C14H15Cl2N/c15-6-5-9-1-4-13-12(7-9)11-3-2-10(16)8-14(11)17-13/h2-3,8-9,17H,1,4-7H2. The molecule has 90 valence electrons. The lowest BCUT2D eigenvalue weighted by atomic mass is 9.85. The Morgan fingerprint density at radius 2 is 2.24 bits per heavy atom. The number of hydrogen-bond acceptors (Lipinski definition) is 0. The van der Waals surface area contributed by atoms with Crippen molar-refractivity contribution in [3.05, 3.63) is 34.5 Å². The van der Waals surface area contributed by atoms with Gasteiger partial charge in [0, 0.05) is 27.5 Å². The van der Waals surface area contributed by atoms with E-state index in [1.54, 1.807) is 0 Å². The van der Waals surface area contributed by atoms with Gasteiger partial charge in [0.1, 0.15) is 0 Å². The fourth-order valence-corrected chi connectivity index (χ4v) is 3.35. The summed E-state index contributed by atoms with van der Waals surface area (Å²) < 4.78 is 0. The molecule has 1 unspecified atom stereocenters. The van der Waals surface area contributed by atoms with E-state index in [1.807, 2.05) is 12.1 Å². The quantitative estimate of drug-likeness (QED) is 0.769. The second-order valence-electron chi connectivity index (χ2n) is 4.86. The Morgan fingerprint density at radius 3 is 3.06 bits per heavy atom. The molecule has 1 aromatic carbocycles. The van der Waals surface area contributed by atoms with Crippen LogP contribution >= 0.6 is 23.2 Å². The van der Waals surface area contributed by atoms with Crippen molar-refractivity contribution < 1.29 is 0 Å². The van der Waals surface area contributed by atoms with Gasteiger partial charge >= 0.3 is 0 Å². The highest BCUT2D eigenvalue weighted by Gasteiger charge is 2.21. The summed E-state index contributed by atoms with van der Waals surface area (Å²) in [6, 6.07) is 6.13. The highest BCUT2D eigenvalue weighted by Crippen LogP contribution is 2.34. The summed E-state index contributed by atoms with van der Waals surface area (Å²) in [4.78, 5) is 3.50. The summed E-state index contributed by atoms with van der Waals surface area (Å²) in [5.41, 5.74) is 4.06. The van der Waals surface area contributed by atoms with E-state index in [9.17, 15) is 0 Å². The number of nitrogens with one attached hydrogen (secondary N) is 1. The van der Waals surface area contributed by atoms with Crippen LogP contribution in [-0.4, -0.2) is 10.9 Å². The number of H-pyrrole nitrogens is 1. The van der Waals surface area contributed by atoms with Crippen LogP contribution < -0.4 is 0 Å². The van der Waals surface area contributed by atoms with Crippen molar-refractivity contribution >= 4 is 34.1 Å². The van der Waals surface area contributed by atoms with Crippen molar-refractivity contribution in [1.29, 1.82) is 0 Å². The fraction of sp³-hybridized carbons (Fsp3) is 0.429. The van der Waals surface area contributed by atoms with Crippen molar-refractivity contribution in [3.63, 3.8) is 0 Å². The fourth-order valence-electron chi connectivity index (χ4n) is 2.87. The minimum Gasteiger partial charge on any atom is -0.358 e. The maximum absolute atomic E-state index is 6.02. The first-order chi connectivity index (χ1) is 8.28. The third-order valence-electron chi connectivity index (χ3n) is 3.77. The third-order valence-corrected chi connectivity index (χ3v) is 4.22. The lowest BCUT2D eigenvalue weighted by Gasteiger charge is -2.21. The Morgan fingerprint density at radius 1 is 1.35 bits per heavy atom. The van der Waals surface area contributed by atoms with Gasteiger partial charge in [-0.1, -0.05) is 17.7 Å². The summed E-state index contributed by atoms with van der Waals surface area (Å²) in [7, 11) is 0. The van der Waals surface area contributed by atoms with Crippen LogP contribution in [0.4, 0.5) is 0 Å². The van der Waals surface area contributed by atoms with Crippen molar-refractivity contribution in [3.8, 4) is 0 Å². The van der Waals surface area contributed by atoms with Gasteiger partial charge in [-0.25, -0.2) is 0 Å². The minimum absolute atomic E-state index is 0.745. The van der Waals surface area contributed by atoms with Crippen molar-refractivity contribution in [2.45, 2.75) is 25.7 Å². The van der Waals surface area contributed by atoms with Crippen molar-refractivity contribution in [1.82, 2.24) is 4.98 Å². The molecular weight excluding hydrogens is 253 g/mol. The van der Waals surface area contributed by atoms with E-state index in [4.69, 9.17) is 23.2 Å². The first-order valence-corrected chi connectivity index (χ1v) is 7.04. The molecule has 1 N–H and O–H groups in total. The molecule has 1 aromatic heterocycles. The number of alkyl halides is 1. The summed E-state index contributed by atoms with van der Waals surface area (Å²) in [6.45, 7) is 0. The smallest absolute Gasteiger partial charge is 0.0473 e. The number of fused-ring (bicyclic) bond motifs is 3. The van der Waals surface area contributed by atoms with E-state index in [2.05, 4.69) is 11.1 Å². The molecule has 17 heavy (non-hydrogen) atoms. The van der Waals surface area contributed by atoms with Crippen LogP contribution in [0.3, 0.4) is 0 Å². The van der Waals surface area contributed by atoms with Crippen LogP contribution in [0.2, 0.25) is 5.02 Å². The highest BCUT2D eigenvalue weighted by atomic mass is 35.5. The highest BCUT2D eigenvalue weighted by molar-refractivity contribution is 6.31. The molecule has 0 spiro atoms. The molecule has 1 heterocycles. The summed E-state index contributed by atoms with van der Waals surface area (Å²) in [5, 5.41) is 2.14. The van der Waals surface area contributed by atoms with E-state index in [0.717, 1.165) is 36.1 Å². The Bertz CT molecular complexity index is 544. The number of halogens is 2. The van der Waals surface area contributed by atoms with Gasteiger partial charge in [0.2, 0.25) is 0 Å². The van der Waals surface area contributed by atoms with Crippen molar-refractivity contribution in [2.24, 2.45) is 5.92 Å². The zero-order valence-corrected chi connectivity index (χ0v) is 11.1. The minimum atomic E-state index is 0.745. The van der Waals surface area contributed by atoms with Gasteiger partial charge in [-0.2, -0.15) is 0 Å². The average molecular weight is 268 g/mol. The molecule has 1 aliphatic rings. The first-order valence-electron chi connectivity index (χ1n) is 6.13. The first kappa shape index (κ1) is 11.4. The molecule has 3 heteroatoms. The van der Waals surface area contributed by atoms with E-state index >= 15 is 0 Å². The van der Waals surface area contributed by atoms with Crippen LogP contribution in [-0.2, 0) is 12.8 Å². The molecule has 1 atom stereocenters. The number of aryl methyl sites for hydroxylation is 1. The van der Waals surface area contributed by atoms with Crippen LogP contribution in [0.1, 0.15) is 24.1 Å². The zero-order valence-electron chi connectivity index (χ0n) is 9.60. The monoisotopic (exact) mass is 267 g/mol. The van der Waals surface area contributed by atoms with E-state index in [1.165, 1.54) is 28.6 Å². The molecule has 2 aromatic rings. The summed E-state index contributed by atoms with van der Waals surface area (Å²) >= 11 is 11.9. The largest absolute Gasteiger partial charge is 0.358 e. The third kappa shape index (κ3) is 2.07. The Labute approximate surface area is 111 Å². The van der Waals surface area contributed by atoms with E-state index in [0.29, 0.717) is 0 Å². The van der Waals surface area contributed by atoms with E-state index in [-0.39, 0.29) is 0 Å². The molecule has 3 rings (SSSR count). The number of rotatable bonds is 2. The van der Waals surface area contributed by atoms with Gasteiger partial charge in [-0.05, 0) is 49.3 Å². The number of hydrogen-bond donors (Lipinski definition) is 1. The van der Waals surface area contributed by atoms with E-state index < -0.39 is 0 Å². The predicted octanol–water partition coefficient (Wildman–Crippen LogP) is 4.56. The van der Waals surface area contributed by atoms with Crippen LogP contribution in [0.5, 0.6) is 0 Å². The average Bonchev–Trinajstić information content (AvgIpc) is 2.66. The van der Waals surface area contributed by atoms with Gasteiger partial charge in [0.05, 0.1) is 0 Å². The molecule has 0 aliphatic heterocycles. The molecule has 0 saturated heterocycles. The predicted molar refractivity (Wildman–Crippen MR) is 74.2 cm³/mol. The van der Waals surface area contributed by atoms with Gasteiger partial charge in [0.15, 0.2) is 0 Å². The lowest BCUT2D eigenvalue weighted by Crippen LogP contribution is -2.13. The Kier molecular flexibility index (Phi) is 3.06. The number of benzene rings is 1. The van der Waals surface area contributed by atoms with Crippen LogP contribution in [0.15, 0.2) is 18.2 Å². The normalized spacial score (nSPS) is 19.5. The topological polar surface area (TPSA) is 15.8 Å². The SMILES string of the molecule is ClCCC1CCc2[nH]c3cc(Cl)ccc3c2C1. The number of aromatic amines is 1. The van der Waals surface area contributed by atoms with Crippen LogP contribution in [0, 0.1) is 5.92 Å². The summed E-state index contributed by atoms with van der Waals surface area (Å²) in [6.07, 6.45) is 4.68. The van der Waals surface area contributed by atoms with Gasteiger partial charge in [-0.15, -0.1) is 11.6 Å². The second kappa shape index (κ2) is 4.55. The van der Waals surface area contributed by atoms with Gasteiger partial charge < -0.3 is 4.98 Å². The number of aromatic nitrogens is 1. The molecule has 0 fully saturated rings. The summed E-state index contributed by atoms with van der Waals surface area (Å²) in [5.74, 6) is 1.52. The maximum Gasteiger partial charge on any atom is 0.0473 e. The molecule has 0 amide bonds. The molecule has 0 saturated carbocycles. The molecule has 0 bridgehead atoms. The Hall–Kier alpha value is -0.660. The zero-order chi connectivity index (χ0) is 11.8. The second-order valence-corrected chi connectivity index (χ2v) is 5.67. The molecular formula is C14H15Cl2N. The molecule has 0 radical (unpaired) electrons. The van der Waals surface area contributed by atoms with Gasteiger partial charge in [0.25, 0.3) is 0 Å². The molecule has 1 nitrogen and oxygen atoms in total. The molecule has 1 aliphatic carbocycles.